The summed E-state index contributed by atoms with van der Waals surface area (Å²) in [4.78, 5) is 11.8. The maximum absolute atomic E-state index is 11.8. The number of carbonyl (C=O) groups excluding carboxylic acids is 1. The van der Waals surface area contributed by atoms with Crippen molar-refractivity contribution in [3.05, 3.63) is 23.8 Å². The largest absolute Gasteiger partial charge is 0.495 e. The highest BCUT2D eigenvalue weighted by atomic mass is 16.5. The van der Waals surface area contributed by atoms with Crippen LogP contribution in [0.15, 0.2) is 18.2 Å². The first-order chi connectivity index (χ1) is 8.19. The van der Waals surface area contributed by atoms with Crippen molar-refractivity contribution in [3.8, 4) is 5.75 Å². The molecule has 4 heteroatoms. The van der Waals surface area contributed by atoms with Gasteiger partial charge in [0, 0.05) is 12.3 Å². The average molecular weight is 235 g/mol. The van der Waals surface area contributed by atoms with Gasteiger partial charge in [-0.25, -0.2) is 0 Å². The third-order valence-corrected chi connectivity index (χ3v) is 2.81. The van der Waals surface area contributed by atoms with Gasteiger partial charge in [0.1, 0.15) is 5.75 Å². The second kappa shape index (κ2) is 5.19. The summed E-state index contributed by atoms with van der Waals surface area (Å²) in [6.45, 7) is 3.37. The van der Waals surface area contributed by atoms with Gasteiger partial charge in [-0.2, -0.15) is 0 Å². The molecule has 0 bridgehead atoms. The number of aryl methyl sites for hydroxylation is 1. The molecule has 0 aromatic heterocycles. The number of carbonyl (C=O) groups is 1. The number of nitrogens with one attached hydrogen (secondary N) is 1. The molecule has 0 radical (unpaired) electrons. The lowest BCUT2D eigenvalue weighted by molar-refractivity contribution is -0.121. The van der Waals surface area contributed by atoms with Gasteiger partial charge in [-0.15, -0.1) is 0 Å². The number of hydrogen-bond acceptors (Lipinski definition) is 3. The molecule has 1 heterocycles. The third kappa shape index (κ3) is 2.97. The zero-order valence-corrected chi connectivity index (χ0v) is 10.2. The highest BCUT2D eigenvalue weighted by molar-refractivity contribution is 5.92. The van der Waals surface area contributed by atoms with Crippen LogP contribution < -0.4 is 10.1 Å². The fourth-order valence-electron chi connectivity index (χ4n) is 1.79. The molecule has 1 N–H and O–H groups in total. The van der Waals surface area contributed by atoms with E-state index < -0.39 is 0 Å². The number of benzene rings is 1. The fraction of sp³-hybridized carbons (Fsp3) is 0.462. The van der Waals surface area contributed by atoms with Crippen molar-refractivity contribution in [2.45, 2.75) is 13.3 Å². The van der Waals surface area contributed by atoms with Crippen LogP contribution in [0.2, 0.25) is 0 Å². The van der Waals surface area contributed by atoms with Gasteiger partial charge in [-0.1, -0.05) is 6.07 Å². The van der Waals surface area contributed by atoms with Crippen LogP contribution in [0.4, 0.5) is 5.69 Å². The van der Waals surface area contributed by atoms with E-state index in [1.807, 2.05) is 25.1 Å². The van der Waals surface area contributed by atoms with Crippen LogP contribution in [0.25, 0.3) is 0 Å². The first-order valence-electron chi connectivity index (χ1n) is 5.71. The van der Waals surface area contributed by atoms with E-state index >= 15 is 0 Å². The van der Waals surface area contributed by atoms with E-state index in [-0.39, 0.29) is 5.91 Å². The van der Waals surface area contributed by atoms with Crippen LogP contribution in [0.3, 0.4) is 0 Å². The number of anilines is 1. The van der Waals surface area contributed by atoms with Gasteiger partial charge in [0.05, 0.1) is 26.0 Å². The molecule has 1 aromatic rings. The lowest BCUT2D eigenvalue weighted by atomic mass is 10.0. The predicted molar refractivity (Wildman–Crippen MR) is 65.3 cm³/mol. The second-order valence-corrected chi connectivity index (χ2v) is 4.36. The Kier molecular flexibility index (Phi) is 3.64. The molecular formula is C13H17NO3. The van der Waals surface area contributed by atoms with Crippen LogP contribution in [0.1, 0.15) is 12.0 Å². The third-order valence-electron chi connectivity index (χ3n) is 2.81. The lowest BCUT2D eigenvalue weighted by Gasteiger charge is -2.25. The van der Waals surface area contributed by atoms with Gasteiger partial charge in [0.25, 0.3) is 0 Å². The molecule has 1 saturated heterocycles. The SMILES string of the molecule is COc1ccc(C)cc1NC(=O)CC1COC1. The maximum atomic E-state index is 11.8. The Hall–Kier alpha value is -1.55. The molecular weight excluding hydrogens is 218 g/mol. The first-order valence-corrected chi connectivity index (χ1v) is 5.71. The van der Waals surface area contributed by atoms with E-state index in [9.17, 15) is 4.79 Å². The van der Waals surface area contributed by atoms with E-state index in [2.05, 4.69) is 5.32 Å². The van der Waals surface area contributed by atoms with Crippen molar-refractivity contribution in [2.24, 2.45) is 5.92 Å². The normalized spacial score (nSPS) is 15.2. The van der Waals surface area contributed by atoms with Crippen LogP contribution in [0, 0.1) is 12.8 Å². The molecule has 0 atom stereocenters. The topological polar surface area (TPSA) is 47.6 Å². The molecule has 1 fully saturated rings. The van der Waals surface area contributed by atoms with Crippen LogP contribution in [0.5, 0.6) is 5.75 Å². The number of amides is 1. The van der Waals surface area contributed by atoms with Gasteiger partial charge >= 0.3 is 0 Å². The molecule has 0 saturated carbocycles. The zero-order chi connectivity index (χ0) is 12.3. The molecule has 1 amide bonds. The molecule has 92 valence electrons. The molecule has 2 rings (SSSR count). The van der Waals surface area contributed by atoms with E-state index in [0.717, 1.165) is 11.3 Å². The minimum Gasteiger partial charge on any atom is -0.495 e. The van der Waals surface area contributed by atoms with Crippen LogP contribution in [-0.4, -0.2) is 26.2 Å². The second-order valence-electron chi connectivity index (χ2n) is 4.36. The van der Waals surface area contributed by atoms with E-state index in [0.29, 0.717) is 31.3 Å². The summed E-state index contributed by atoms with van der Waals surface area (Å²) in [7, 11) is 1.60. The van der Waals surface area contributed by atoms with Crippen molar-refractivity contribution in [1.82, 2.24) is 0 Å². The molecule has 0 aliphatic carbocycles. The summed E-state index contributed by atoms with van der Waals surface area (Å²) in [5.41, 5.74) is 1.82. The van der Waals surface area contributed by atoms with Crippen molar-refractivity contribution >= 4 is 11.6 Å². The minimum atomic E-state index is 0.0159. The molecule has 1 aliphatic heterocycles. The van der Waals surface area contributed by atoms with Crippen molar-refractivity contribution < 1.29 is 14.3 Å². The summed E-state index contributed by atoms with van der Waals surface area (Å²) in [5.74, 6) is 1.07. The van der Waals surface area contributed by atoms with Crippen molar-refractivity contribution in [3.63, 3.8) is 0 Å². The van der Waals surface area contributed by atoms with E-state index in [4.69, 9.17) is 9.47 Å². The molecule has 1 aromatic carbocycles. The highest BCUT2D eigenvalue weighted by Crippen LogP contribution is 2.26. The molecule has 17 heavy (non-hydrogen) atoms. The van der Waals surface area contributed by atoms with E-state index in [1.165, 1.54) is 0 Å². The summed E-state index contributed by atoms with van der Waals surface area (Å²) in [6.07, 6.45) is 0.511. The van der Waals surface area contributed by atoms with Crippen LogP contribution in [-0.2, 0) is 9.53 Å². The lowest BCUT2D eigenvalue weighted by Crippen LogP contribution is -2.31. The Labute approximate surface area is 101 Å². The smallest absolute Gasteiger partial charge is 0.224 e. The predicted octanol–water partition coefficient (Wildman–Crippen LogP) is 1.98. The van der Waals surface area contributed by atoms with Gasteiger partial charge < -0.3 is 14.8 Å². The van der Waals surface area contributed by atoms with Crippen molar-refractivity contribution in [1.29, 1.82) is 0 Å². The molecule has 0 spiro atoms. The first kappa shape index (κ1) is 11.9. The Bertz CT molecular complexity index is 413. The number of hydrogen-bond donors (Lipinski definition) is 1. The molecule has 1 aliphatic rings. The zero-order valence-electron chi connectivity index (χ0n) is 10.2. The van der Waals surface area contributed by atoms with Gasteiger partial charge in [-0.3, -0.25) is 4.79 Å². The van der Waals surface area contributed by atoms with Crippen LogP contribution >= 0.6 is 0 Å². The Balaban J connectivity index is 2.00. The monoisotopic (exact) mass is 235 g/mol. The summed E-state index contributed by atoms with van der Waals surface area (Å²) >= 11 is 0. The Morgan fingerprint density at radius 3 is 2.88 bits per heavy atom. The number of ether oxygens (including phenoxy) is 2. The van der Waals surface area contributed by atoms with Crippen molar-refractivity contribution in [2.75, 3.05) is 25.6 Å². The summed E-state index contributed by atoms with van der Waals surface area (Å²) < 4.78 is 10.3. The van der Waals surface area contributed by atoms with E-state index in [1.54, 1.807) is 7.11 Å². The quantitative estimate of drug-likeness (QED) is 0.868. The van der Waals surface area contributed by atoms with Gasteiger partial charge in [-0.05, 0) is 24.6 Å². The highest BCUT2D eigenvalue weighted by Gasteiger charge is 2.22. The standard InChI is InChI=1S/C13H17NO3/c1-9-3-4-12(16-2)11(5-9)14-13(15)6-10-7-17-8-10/h3-5,10H,6-8H2,1-2H3,(H,14,15). The Morgan fingerprint density at radius 1 is 1.53 bits per heavy atom. The average Bonchev–Trinajstić information content (AvgIpc) is 2.24. The summed E-state index contributed by atoms with van der Waals surface area (Å²) in [6, 6.07) is 5.72. The minimum absolute atomic E-state index is 0.0159. The fourth-order valence-corrected chi connectivity index (χ4v) is 1.79. The maximum Gasteiger partial charge on any atom is 0.224 e. The number of rotatable bonds is 4. The molecule has 0 unspecified atom stereocenters. The summed E-state index contributed by atoms with van der Waals surface area (Å²) in [5, 5.41) is 2.88. The van der Waals surface area contributed by atoms with Gasteiger partial charge in [0.2, 0.25) is 5.91 Å². The Morgan fingerprint density at radius 2 is 2.29 bits per heavy atom. The molecule has 4 nitrogen and oxygen atoms in total. The number of methoxy groups -OCH3 is 1. The van der Waals surface area contributed by atoms with Gasteiger partial charge in [0.15, 0.2) is 0 Å².